The molecule has 4 amide bonds. The zero-order valence-corrected chi connectivity index (χ0v) is 16.7. The summed E-state index contributed by atoms with van der Waals surface area (Å²) in [7, 11) is 1.52. The fraction of sp³-hybridized carbons (Fsp3) is 0.250. The van der Waals surface area contributed by atoms with Crippen LogP contribution in [-0.4, -0.2) is 42.4 Å². The Hall–Kier alpha value is -3.06. The van der Waals surface area contributed by atoms with Crippen LogP contribution >= 0.6 is 11.6 Å². The minimum Gasteiger partial charge on any atom is -0.336 e. The average Bonchev–Trinajstić information content (AvgIpc) is 2.60. The monoisotopic (exact) mass is 402 g/mol. The second kappa shape index (κ2) is 9.75. The fourth-order valence-electron chi connectivity index (χ4n) is 2.46. The summed E-state index contributed by atoms with van der Waals surface area (Å²) in [6.07, 6.45) is 0. The highest BCUT2D eigenvalue weighted by molar-refractivity contribution is 6.30. The van der Waals surface area contributed by atoms with Crippen LogP contribution in [0.2, 0.25) is 5.02 Å². The summed E-state index contributed by atoms with van der Waals surface area (Å²) in [5.74, 6) is -0.747. The van der Waals surface area contributed by atoms with Crippen LogP contribution in [-0.2, 0) is 4.79 Å². The van der Waals surface area contributed by atoms with Crippen LogP contribution in [0, 0.1) is 0 Å². The molecule has 8 heteroatoms. The molecule has 0 radical (unpaired) electrons. The highest BCUT2D eigenvalue weighted by atomic mass is 35.5. The van der Waals surface area contributed by atoms with Gasteiger partial charge >= 0.3 is 6.03 Å². The van der Waals surface area contributed by atoms with E-state index in [1.165, 1.54) is 11.9 Å². The molecule has 0 spiro atoms. The maximum Gasteiger partial charge on any atom is 0.319 e. The lowest BCUT2D eigenvalue weighted by Crippen LogP contribution is -2.37. The molecule has 28 heavy (non-hydrogen) atoms. The molecule has 2 aromatic carbocycles. The van der Waals surface area contributed by atoms with Crippen molar-refractivity contribution in [2.45, 2.75) is 19.9 Å². The predicted octanol–water partition coefficient (Wildman–Crippen LogP) is 3.58. The molecule has 3 N–H and O–H groups in total. The first-order valence-electron chi connectivity index (χ1n) is 8.73. The normalized spacial score (nSPS) is 10.3. The molecule has 0 aliphatic carbocycles. The van der Waals surface area contributed by atoms with Crippen molar-refractivity contribution in [1.82, 2.24) is 10.2 Å². The number of nitrogens with one attached hydrogen (secondary N) is 3. The number of anilines is 2. The summed E-state index contributed by atoms with van der Waals surface area (Å²) in [4.78, 5) is 38.2. The van der Waals surface area contributed by atoms with Crippen molar-refractivity contribution in [2.75, 3.05) is 24.2 Å². The van der Waals surface area contributed by atoms with Crippen LogP contribution < -0.4 is 16.0 Å². The standard InChI is InChI=1S/C20H23ClN4O3/c1-13(2)22-20(28)24-17-10-5-4-9-16(17)19(27)25(3)12-18(26)23-15-8-6-7-14(21)11-15/h4-11,13H,12H2,1-3H3,(H,23,26)(H2,22,24,28). The second-order valence-corrected chi connectivity index (χ2v) is 6.95. The second-order valence-electron chi connectivity index (χ2n) is 6.52. The third-order valence-corrected chi connectivity index (χ3v) is 3.90. The number of carbonyl (C=O) groups is 3. The molecule has 0 bridgehead atoms. The van der Waals surface area contributed by atoms with E-state index in [0.717, 1.165) is 0 Å². The van der Waals surface area contributed by atoms with Crippen molar-refractivity contribution in [3.63, 3.8) is 0 Å². The van der Waals surface area contributed by atoms with E-state index < -0.39 is 6.03 Å². The first kappa shape index (κ1) is 21.2. The Bertz CT molecular complexity index is 870. The van der Waals surface area contributed by atoms with Crippen molar-refractivity contribution in [2.24, 2.45) is 0 Å². The fourth-order valence-corrected chi connectivity index (χ4v) is 2.65. The summed E-state index contributed by atoms with van der Waals surface area (Å²) in [6.45, 7) is 3.52. The molecule has 148 valence electrons. The summed E-state index contributed by atoms with van der Waals surface area (Å²) >= 11 is 5.90. The number of para-hydroxylation sites is 1. The molecule has 0 unspecified atom stereocenters. The Kier molecular flexibility index (Phi) is 7.40. The number of benzene rings is 2. The van der Waals surface area contributed by atoms with E-state index in [0.29, 0.717) is 22.0 Å². The van der Waals surface area contributed by atoms with Gasteiger partial charge in [0.1, 0.15) is 0 Å². The van der Waals surface area contributed by atoms with Gasteiger partial charge in [-0.2, -0.15) is 0 Å². The van der Waals surface area contributed by atoms with E-state index in [1.54, 1.807) is 48.5 Å². The minimum atomic E-state index is -0.406. The van der Waals surface area contributed by atoms with Crippen LogP contribution in [0.3, 0.4) is 0 Å². The first-order valence-corrected chi connectivity index (χ1v) is 9.11. The summed E-state index contributed by atoms with van der Waals surface area (Å²) in [5.41, 5.74) is 1.21. The molecular formula is C20H23ClN4O3. The predicted molar refractivity (Wildman–Crippen MR) is 111 cm³/mol. The van der Waals surface area contributed by atoms with E-state index in [4.69, 9.17) is 11.6 Å². The summed E-state index contributed by atoms with van der Waals surface area (Å²) in [5, 5.41) is 8.56. The zero-order valence-electron chi connectivity index (χ0n) is 16.0. The molecule has 2 rings (SSSR count). The number of likely N-dealkylation sites (N-methyl/N-ethyl adjacent to an activating group) is 1. The van der Waals surface area contributed by atoms with Gasteiger partial charge in [-0.25, -0.2) is 4.79 Å². The molecular weight excluding hydrogens is 380 g/mol. The first-order chi connectivity index (χ1) is 13.3. The maximum atomic E-state index is 12.8. The molecule has 0 saturated heterocycles. The molecule has 2 aromatic rings. The smallest absolute Gasteiger partial charge is 0.319 e. The average molecular weight is 403 g/mol. The molecule has 0 saturated carbocycles. The van der Waals surface area contributed by atoms with Gasteiger partial charge in [0.25, 0.3) is 5.91 Å². The van der Waals surface area contributed by atoms with Crippen molar-refractivity contribution < 1.29 is 14.4 Å². The highest BCUT2D eigenvalue weighted by Gasteiger charge is 2.19. The Morgan fingerprint density at radius 2 is 1.75 bits per heavy atom. The lowest BCUT2D eigenvalue weighted by molar-refractivity contribution is -0.116. The molecule has 0 fully saturated rings. The number of halogens is 1. The lowest BCUT2D eigenvalue weighted by Gasteiger charge is -2.19. The van der Waals surface area contributed by atoms with Crippen molar-refractivity contribution in [1.29, 1.82) is 0 Å². The van der Waals surface area contributed by atoms with E-state index in [9.17, 15) is 14.4 Å². The third kappa shape index (κ3) is 6.28. The third-order valence-electron chi connectivity index (χ3n) is 3.66. The van der Waals surface area contributed by atoms with Gasteiger partial charge in [-0.3, -0.25) is 9.59 Å². The Balaban J connectivity index is 2.04. The largest absolute Gasteiger partial charge is 0.336 e. The van der Waals surface area contributed by atoms with Crippen molar-refractivity contribution in [3.8, 4) is 0 Å². The number of amides is 4. The van der Waals surface area contributed by atoms with Gasteiger partial charge in [0.05, 0.1) is 17.8 Å². The summed E-state index contributed by atoms with van der Waals surface area (Å²) < 4.78 is 0. The SMILES string of the molecule is CC(C)NC(=O)Nc1ccccc1C(=O)N(C)CC(=O)Nc1cccc(Cl)c1. The van der Waals surface area contributed by atoms with Crippen LogP contribution in [0.5, 0.6) is 0 Å². The van der Waals surface area contributed by atoms with E-state index >= 15 is 0 Å². The van der Waals surface area contributed by atoms with E-state index in [2.05, 4.69) is 16.0 Å². The molecule has 0 aliphatic rings. The van der Waals surface area contributed by atoms with Gasteiger partial charge in [-0.15, -0.1) is 0 Å². The van der Waals surface area contributed by atoms with Gasteiger partial charge < -0.3 is 20.9 Å². The summed E-state index contributed by atoms with van der Waals surface area (Å²) in [6, 6.07) is 12.9. The van der Waals surface area contributed by atoms with Crippen molar-refractivity contribution in [3.05, 3.63) is 59.1 Å². The Morgan fingerprint density at radius 1 is 1.04 bits per heavy atom. The quantitative estimate of drug-likeness (QED) is 0.689. The van der Waals surface area contributed by atoms with E-state index in [1.807, 2.05) is 13.8 Å². The number of hydrogen-bond acceptors (Lipinski definition) is 3. The number of rotatable bonds is 6. The molecule has 0 atom stereocenters. The number of hydrogen-bond donors (Lipinski definition) is 3. The number of nitrogens with zero attached hydrogens (tertiary/aromatic N) is 1. The molecule has 0 heterocycles. The van der Waals surface area contributed by atoms with Gasteiger partial charge in [0, 0.05) is 23.8 Å². The minimum absolute atomic E-state index is 0.0410. The van der Waals surface area contributed by atoms with Crippen LogP contribution in [0.25, 0.3) is 0 Å². The topological polar surface area (TPSA) is 90.5 Å². The van der Waals surface area contributed by atoms with Gasteiger partial charge in [-0.1, -0.05) is 29.8 Å². The van der Waals surface area contributed by atoms with Gasteiger partial charge in [-0.05, 0) is 44.2 Å². The van der Waals surface area contributed by atoms with E-state index in [-0.39, 0.29) is 24.4 Å². The highest BCUT2D eigenvalue weighted by Crippen LogP contribution is 2.18. The molecule has 7 nitrogen and oxygen atoms in total. The van der Waals surface area contributed by atoms with Crippen LogP contribution in [0.4, 0.5) is 16.2 Å². The molecule has 0 aromatic heterocycles. The molecule has 0 aliphatic heterocycles. The van der Waals surface area contributed by atoms with Crippen molar-refractivity contribution >= 4 is 40.8 Å². The van der Waals surface area contributed by atoms with Gasteiger partial charge in [0.15, 0.2) is 0 Å². The Morgan fingerprint density at radius 3 is 2.43 bits per heavy atom. The van der Waals surface area contributed by atoms with Crippen LogP contribution in [0.15, 0.2) is 48.5 Å². The maximum absolute atomic E-state index is 12.8. The lowest BCUT2D eigenvalue weighted by atomic mass is 10.1. The number of urea groups is 1. The van der Waals surface area contributed by atoms with Crippen LogP contribution in [0.1, 0.15) is 24.2 Å². The Labute approximate surface area is 169 Å². The number of carbonyl (C=O) groups excluding carboxylic acids is 3. The zero-order chi connectivity index (χ0) is 20.7. The van der Waals surface area contributed by atoms with Gasteiger partial charge in [0.2, 0.25) is 5.91 Å².